The van der Waals surface area contributed by atoms with Crippen molar-refractivity contribution in [3.05, 3.63) is 35.1 Å². The van der Waals surface area contributed by atoms with Crippen LogP contribution in [-0.2, 0) is 28.9 Å². The Kier molecular flexibility index (Phi) is 3.79. The van der Waals surface area contributed by atoms with Crippen molar-refractivity contribution in [3.63, 3.8) is 0 Å². The largest absolute Gasteiger partial charge is 0.481 e. The minimum atomic E-state index is -0.808. The van der Waals surface area contributed by atoms with E-state index in [4.69, 9.17) is 4.42 Å². The molecule has 5 nitrogen and oxygen atoms in total. The summed E-state index contributed by atoms with van der Waals surface area (Å²) in [6, 6.07) is 4.27. The van der Waals surface area contributed by atoms with E-state index in [1.165, 1.54) is 17.5 Å². The number of hydrogen-bond donors (Lipinski definition) is 1. The van der Waals surface area contributed by atoms with Crippen molar-refractivity contribution in [2.45, 2.75) is 38.5 Å². The summed E-state index contributed by atoms with van der Waals surface area (Å²) < 4.78 is 5.66. The highest BCUT2D eigenvalue weighted by Crippen LogP contribution is 2.31. The summed E-state index contributed by atoms with van der Waals surface area (Å²) in [6.45, 7) is 0.965. The molecule has 126 valence electrons. The molecule has 1 N–H and O–H groups in total. The molecule has 2 aliphatic rings. The third kappa shape index (κ3) is 2.68. The van der Waals surface area contributed by atoms with E-state index in [0.29, 0.717) is 19.5 Å². The van der Waals surface area contributed by atoms with Crippen LogP contribution in [0, 0.1) is 5.92 Å². The summed E-state index contributed by atoms with van der Waals surface area (Å²) in [5.41, 5.74) is 4.47. The Morgan fingerprint density at radius 1 is 1.21 bits per heavy atom. The zero-order valence-corrected chi connectivity index (χ0v) is 13.6. The van der Waals surface area contributed by atoms with Crippen LogP contribution in [0.25, 0.3) is 11.0 Å². The van der Waals surface area contributed by atoms with Crippen LogP contribution < -0.4 is 0 Å². The summed E-state index contributed by atoms with van der Waals surface area (Å²) in [7, 11) is 0. The zero-order valence-electron chi connectivity index (χ0n) is 13.6. The molecule has 5 heteroatoms. The molecule has 0 spiro atoms. The number of carboxylic acid groups (broad SMARTS) is 1. The molecule has 1 amide bonds. The normalized spacial score (nSPS) is 20.3. The van der Waals surface area contributed by atoms with E-state index in [2.05, 4.69) is 12.1 Å². The van der Waals surface area contributed by atoms with Gasteiger partial charge in [-0.3, -0.25) is 9.59 Å². The number of aryl methyl sites for hydroxylation is 2. The van der Waals surface area contributed by atoms with Gasteiger partial charge in [-0.05, 0) is 55.4 Å². The van der Waals surface area contributed by atoms with Gasteiger partial charge in [-0.25, -0.2) is 0 Å². The number of furan rings is 1. The lowest BCUT2D eigenvalue weighted by Gasteiger charge is -2.30. The van der Waals surface area contributed by atoms with E-state index < -0.39 is 11.9 Å². The fourth-order valence-corrected chi connectivity index (χ4v) is 3.96. The van der Waals surface area contributed by atoms with Crippen LogP contribution in [0.1, 0.15) is 36.0 Å². The van der Waals surface area contributed by atoms with Crippen molar-refractivity contribution in [1.82, 2.24) is 4.90 Å². The predicted molar refractivity (Wildman–Crippen MR) is 88.9 cm³/mol. The van der Waals surface area contributed by atoms with E-state index >= 15 is 0 Å². The molecule has 1 aliphatic heterocycles. The summed E-state index contributed by atoms with van der Waals surface area (Å²) in [4.78, 5) is 25.5. The number of aliphatic carboxylic acids is 1. The quantitative estimate of drug-likeness (QED) is 0.941. The first-order chi connectivity index (χ1) is 11.6. The van der Waals surface area contributed by atoms with E-state index in [-0.39, 0.29) is 12.3 Å². The first-order valence-electron chi connectivity index (χ1n) is 8.64. The average molecular weight is 327 g/mol. The SMILES string of the molecule is O=C(O)[C@H]1CCCN(C(=O)Cc2coc3cc4c(cc23)CCC4)C1. The summed E-state index contributed by atoms with van der Waals surface area (Å²) in [6.07, 6.45) is 6.73. The molecule has 2 aromatic rings. The molecule has 1 aliphatic carbocycles. The average Bonchev–Trinajstić information content (AvgIpc) is 3.19. The van der Waals surface area contributed by atoms with Gasteiger partial charge in [0.2, 0.25) is 5.91 Å². The minimum Gasteiger partial charge on any atom is -0.481 e. The number of carbonyl (C=O) groups is 2. The van der Waals surface area contributed by atoms with Crippen LogP contribution in [-0.4, -0.2) is 35.0 Å². The Bertz CT molecular complexity index is 807. The first kappa shape index (κ1) is 15.2. The van der Waals surface area contributed by atoms with Crippen LogP contribution in [0.2, 0.25) is 0 Å². The molecule has 2 heterocycles. The van der Waals surface area contributed by atoms with Crippen LogP contribution in [0.4, 0.5) is 0 Å². The second-order valence-electron chi connectivity index (χ2n) is 6.93. The van der Waals surface area contributed by atoms with Gasteiger partial charge in [0.05, 0.1) is 18.6 Å². The number of carboxylic acids is 1. The fourth-order valence-electron chi connectivity index (χ4n) is 3.96. The highest BCUT2D eigenvalue weighted by Gasteiger charge is 2.28. The van der Waals surface area contributed by atoms with Gasteiger partial charge in [0.15, 0.2) is 0 Å². The Balaban J connectivity index is 1.53. The summed E-state index contributed by atoms with van der Waals surface area (Å²) in [5, 5.41) is 10.2. The van der Waals surface area contributed by atoms with Crippen LogP contribution in [0.3, 0.4) is 0 Å². The van der Waals surface area contributed by atoms with Crippen LogP contribution in [0.15, 0.2) is 22.8 Å². The number of carbonyl (C=O) groups excluding carboxylic acids is 1. The number of likely N-dealkylation sites (tertiary alicyclic amines) is 1. The third-order valence-corrected chi connectivity index (χ3v) is 5.33. The van der Waals surface area contributed by atoms with E-state index in [1.54, 1.807) is 11.2 Å². The highest BCUT2D eigenvalue weighted by atomic mass is 16.4. The van der Waals surface area contributed by atoms with Gasteiger partial charge in [-0.1, -0.05) is 0 Å². The molecule has 0 radical (unpaired) electrons. The number of nitrogens with zero attached hydrogens (tertiary/aromatic N) is 1. The second kappa shape index (κ2) is 5.96. The molecule has 1 saturated heterocycles. The van der Waals surface area contributed by atoms with Crippen molar-refractivity contribution < 1.29 is 19.1 Å². The Hall–Kier alpha value is -2.30. The molecule has 1 fully saturated rings. The zero-order chi connectivity index (χ0) is 16.7. The first-order valence-corrected chi connectivity index (χ1v) is 8.64. The maximum Gasteiger partial charge on any atom is 0.308 e. The molecular formula is C19H21NO4. The van der Waals surface area contributed by atoms with Gasteiger partial charge in [0.1, 0.15) is 5.58 Å². The van der Waals surface area contributed by atoms with Gasteiger partial charge >= 0.3 is 5.97 Å². The Labute approximate surface area is 140 Å². The van der Waals surface area contributed by atoms with Gasteiger partial charge in [0, 0.05) is 24.0 Å². The van der Waals surface area contributed by atoms with Crippen molar-refractivity contribution >= 4 is 22.8 Å². The van der Waals surface area contributed by atoms with Crippen molar-refractivity contribution in [2.24, 2.45) is 5.92 Å². The number of benzene rings is 1. The van der Waals surface area contributed by atoms with E-state index in [9.17, 15) is 14.7 Å². The van der Waals surface area contributed by atoms with E-state index in [0.717, 1.165) is 35.8 Å². The van der Waals surface area contributed by atoms with Crippen LogP contribution >= 0.6 is 0 Å². The van der Waals surface area contributed by atoms with Crippen LogP contribution in [0.5, 0.6) is 0 Å². The number of rotatable bonds is 3. The summed E-state index contributed by atoms with van der Waals surface area (Å²) >= 11 is 0. The lowest BCUT2D eigenvalue weighted by Crippen LogP contribution is -2.42. The molecule has 0 saturated carbocycles. The monoisotopic (exact) mass is 327 g/mol. The molecule has 1 aromatic heterocycles. The maximum absolute atomic E-state index is 12.6. The van der Waals surface area contributed by atoms with E-state index in [1.807, 2.05) is 0 Å². The number of amides is 1. The van der Waals surface area contributed by atoms with Gasteiger partial charge in [0.25, 0.3) is 0 Å². The maximum atomic E-state index is 12.6. The molecule has 1 aromatic carbocycles. The standard InChI is InChI=1S/C19H21NO4/c21-18(20-6-2-5-14(10-20)19(22)23)9-15-11-24-17-8-13-4-1-3-12(13)7-16(15)17/h7-8,11,14H,1-6,9-10H2,(H,22,23)/t14-/m0/s1. The second-order valence-corrected chi connectivity index (χ2v) is 6.93. The van der Waals surface area contributed by atoms with Gasteiger partial charge in [-0.15, -0.1) is 0 Å². The molecule has 1 atom stereocenters. The highest BCUT2D eigenvalue weighted by molar-refractivity contribution is 5.89. The van der Waals surface area contributed by atoms with Crippen molar-refractivity contribution in [3.8, 4) is 0 Å². The predicted octanol–water partition coefficient (Wildman–Crippen LogP) is 2.79. The van der Waals surface area contributed by atoms with Crippen molar-refractivity contribution in [1.29, 1.82) is 0 Å². The minimum absolute atomic E-state index is 0.0100. The number of hydrogen-bond acceptors (Lipinski definition) is 3. The molecule has 24 heavy (non-hydrogen) atoms. The summed E-state index contributed by atoms with van der Waals surface area (Å²) in [5.74, 6) is -1.26. The molecule has 4 rings (SSSR count). The lowest BCUT2D eigenvalue weighted by molar-refractivity contribution is -0.145. The smallest absolute Gasteiger partial charge is 0.308 e. The van der Waals surface area contributed by atoms with Gasteiger partial charge in [-0.2, -0.15) is 0 Å². The topological polar surface area (TPSA) is 70.8 Å². The van der Waals surface area contributed by atoms with Gasteiger partial charge < -0.3 is 14.4 Å². The Morgan fingerprint density at radius 3 is 2.79 bits per heavy atom. The molecule has 0 unspecified atom stereocenters. The van der Waals surface area contributed by atoms with Crippen molar-refractivity contribution in [2.75, 3.05) is 13.1 Å². The lowest BCUT2D eigenvalue weighted by atomic mass is 9.97. The molecular weight excluding hydrogens is 306 g/mol. The fraction of sp³-hybridized carbons (Fsp3) is 0.474. The third-order valence-electron chi connectivity index (χ3n) is 5.33. The Morgan fingerprint density at radius 2 is 2.00 bits per heavy atom. The molecule has 0 bridgehead atoms. The number of piperidine rings is 1. The number of fused-ring (bicyclic) bond motifs is 2.